The summed E-state index contributed by atoms with van der Waals surface area (Å²) in [5.74, 6) is 0.750. The molecule has 0 radical (unpaired) electrons. The number of rotatable bonds is 14. The van der Waals surface area contributed by atoms with Gasteiger partial charge in [0.05, 0.1) is 6.61 Å². The van der Waals surface area contributed by atoms with E-state index in [1.54, 1.807) is 0 Å². The summed E-state index contributed by atoms with van der Waals surface area (Å²) in [6.07, 6.45) is 16.3. The van der Waals surface area contributed by atoms with Crippen molar-refractivity contribution in [2.75, 3.05) is 6.61 Å². The summed E-state index contributed by atoms with van der Waals surface area (Å²) in [6, 6.07) is 8.02. The molecule has 0 amide bonds. The Morgan fingerprint density at radius 2 is 1.57 bits per heavy atom. The molecule has 1 fully saturated rings. The van der Waals surface area contributed by atoms with Crippen molar-refractivity contribution in [2.24, 2.45) is 0 Å². The number of cyclic esters (lactones) is 1. The Labute approximate surface area is 171 Å². The molecule has 156 valence electrons. The van der Waals surface area contributed by atoms with Crippen LogP contribution >= 0.6 is 0 Å². The third-order valence-corrected chi connectivity index (χ3v) is 5.35. The molecule has 3 heteroatoms. The zero-order valence-corrected chi connectivity index (χ0v) is 17.9. The molecule has 1 saturated heterocycles. The highest BCUT2D eigenvalue weighted by Gasteiger charge is 2.28. The van der Waals surface area contributed by atoms with Crippen LogP contribution in [0.3, 0.4) is 0 Å². The third kappa shape index (κ3) is 8.50. The SMILES string of the molecule is CCCCCCCCCOc1ccc(C=C2CC(CCCCC)OC2=O)cc1. The minimum absolute atomic E-state index is 0.0647. The summed E-state index contributed by atoms with van der Waals surface area (Å²) in [4.78, 5) is 12.1. The summed E-state index contributed by atoms with van der Waals surface area (Å²) in [5, 5.41) is 0. The molecule has 0 spiro atoms. The Morgan fingerprint density at radius 1 is 0.929 bits per heavy atom. The van der Waals surface area contributed by atoms with Crippen molar-refractivity contribution in [3.05, 3.63) is 35.4 Å². The van der Waals surface area contributed by atoms with Crippen LogP contribution in [0.5, 0.6) is 5.75 Å². The molecule has 1 unspecified atom stereocenters. The molecule has 28 heavy (non-hydrogen) atoms. The average Bonchev–Trinajstić information content (AvgIpc) is 3.04. The molecule has 0 bridgehead atoms. The van der Waals surface area contributed by atoms with Gasteiger partial charge < -0.3 is 9.47 Å². The average molecular weight is 387 g/mol. The van der Waals surface area contributed by atoms with E-state index in [1.807, 2.05) is 30.3 Å². The first-order valence-electron chi connectivity index (χ1n) is 11.4. The number of benzene rings is 1. The van der Waals surface area contributed by atoms with Crippen LogP contribution in [0, 0.1) is 0 Å². The van der Waals surface area contributed by atoms with Crippen LogP contribution < -0.4 is 4.74 Å². The van der Waals surface area contributed by atoms with Gasteiger partial charge in [-0.2, -0.15) is 0 Å². The molecule has 2 rings (SSSR count). The van der Waals surface area contributed by atoms with Crippen molar-refractivity contribution in [1.29, 1.82) is 0 Å². The summed E-state index contributed by atoms with van der Waals surface area (Å²) in [5.41, 5.74) is 1.82. The third-order valence-electron chi connectivity index (χ3n) is 5.35. The van der Waals surface area contributed by atoms with E-state index in [-0.39, 0.29) is 12.1 Å². The minimum atomic E-state index is -0.152. The van der Waals surface area contributed by atoms with Gasteiger partial charge in [0.2, 0.25) is 0 Å². The summed E-state index contributed by atoms with van der Waals surface area (Å²) < 4.78 is 11.3. The van der Waals surface area contributed by atoms with Gasteiger partial charge in [-0.25, -0.2) is 4.79 Å². The first kappa shape index (κ1) is 22.5. The predicted molar refractivity (Wildman–Crippen MR) is 117 cm³/mol. The lowest BCUT2D eigenvalue weighted by atomic mass is 10.0. The van der Waals surface area contributed by atoms with Crippen molar-refractivity contribution < 1.29 is 14.3 Å². The summed E-state index contributed by atoms with van der Waals surface area (Å²) in [6.45, 7) is 5.22. The number of hydrogen-bond donors (Lipinski definition) is 0. The standard InChI is InChI=1S/C25H38O3/c1-3-5-7-8-9-10-12-18-27-23-16-14-21(15-17-23)19-22-20-24(28-25(22)26)13-11-6-4-2/h14-17,19,24H,3-13,18,20H2,1-2H3. The number of carbonyl (C=O) groups excluding carboxylic acids is 1. The number of hydrogen-bond acceptors (Lipinski definition) is 3. The maximum absolute atomic E-state index is 12.1. The molecule has 1 aliphatic heterocycles. The highest BCUT2D eigenvalue weighted by molar-refractivity contribution is 5.95. The van der Waals surface area contributed by atoms with Crippen molar-refractivity contribution in [3.63, 3.8) is 0 Å². The van der Waals surface area contributed by atoms with Crippen molar-refractivity contribution in [2.45, 2.75) is 97.0 Å². The van der Waals surface area contributed by atoms with Crippen LogP contribution in [-0.4, -0.2) is 18.7 Å². The van der Waals surface area contributed by atoms with Crippen LogP contribution in [-0.2, 0) is 9.53 Å². The molecular formula is C25H38O3. The van der Waals surface area contributed by atoms with E-state index < -0.39 is 0 Å². The van der Waals surface area contributed by atoms with Gasteiger partial charge in [0.25, 0.3) is 0 Å². The molecular weight excluding hydrogens is 348 g/mol. The molecule has 1 aromatic rings. The molecule has 3 nitrogen and oxygen atoms in total. The zero-order chi connectivity index (χ0) is 20.0. The number of ether oxygens (including phenoxy) is 2. The highest BCUT2D eigenvalue weighted by atomic mass is 16.5. The molecule has 1 heterocycles. The zero-order valence-electron chi connectivity index (χ0n) is 17.9. The monoisotopic (exact) mass is 386 g/mol. The van der Waals surface area contributed by atoms with Crippen LogP contribution in [0.15, 0.2) is 29.8 Å². The van der Waals surface area contributed by atoms with Crippen molar-refractivity contribution in [3.8, 4) is 5.75 Å². The lowest BCUT2D eigenvalue weighted by Gasteiger charge is -2.07. The Balaban J connectivity index is 1.69. The fraction of sp³-hybridized carbons (Fsp3) is 0.640. The Morgan fingerprint density at radius 3 is 2.29 bits per heavy atom. The quantitative estimate of drug-likeness (QED) is 0.194. The fourth-order valence-corrected chi connectivity index (χ4v) is 3.61. The van der Waals surface area contributed by atoms with E-state index in [1.165, 1.54) is 51.4 Å². The predicted octanol–water partition coefficient (Wildman–Crippen LogP) is 7.10. The van der Waals surface area contributed by atoms with E-state index in [0.717, 1.165) is 49.2 Å². The molecule has 0 saturated carbocycles. The largest absolute Gasteiger partial charge is 0.494 e. The first-order valence-corrected chi connectivity index (χ1v) is 11.4. The second-order valence-electron chi connectivity index (χ2n) is 7.94. The number of carbonyl (C=O) groups is 1. The van der Waals surface area contributed by atoms with E-state index in [4.69, 9.17) is 9.47 Å². The highest BCUT2D eigenvalue weighted by Crippen LogP contribution is 2.27. The number of esters is 1. The summed E-state index contributed by atoms with van der Waals surface area (Å²) in [7, 11) is 0. The number of unbranched alkanes of at least 4 members (excludes halogenated alkanes) is 8. The van der Waals surface area contributed by atoms with Gasteiger partial charge in [-0.1, -0.05) is 77.3 Å². The van der Waals surface area contributed by atoms with Crippen LogP contribution in [0.25, 0.3) is 6.08 Å². The van der Waals surface area contributed by atoms with Gasteiger partial charge in [0.1, 0.15) is 11.9 Å². The maximum atomic E-state index is 12.1. The molecule has 1 aliphatic rings. The smallest absolute Gasteiger partial charge is 0.334 e. The topological polar surface area (TPSA) is 35.5 Å². The first-order chi connectivity index (χ1) is 13.7. The van der Waals surface area contributed by atoms with Gasteiger partial charge >= 0.3 is 5.97 Å². The van der Waals surface area contributed by atoms with Crippen molar-refractivity contribution in [1.82, 2.24) is 0 Å². The van der Waals surface area contributed by atoms with Gasteiger partial charge in [-0.05, 0) is 43.0 Å². The lowest BCUT2D eigenvalue weighted by molar-refractivity contribution is -0.139. The lowest BCUT2D eigenvalue weighted by Crippen LogP contribution is -2.05. The fourth-order valence-electron chi connectivity index (χ4n) is 3.61. The van der Waals surface area contributed by atoms with Gasteiger partial charge in [-0.15, -0.1) is 0 Å². The van der Waals surface area contributed by atoms with Gasteiger partial charge in [0, 0.05) is 12.0 Å². The Hall–Kier alpha value is -1.77. The van der Waals surface area contributed by atoms with E-state index in [2.05, 4.69) is 13.8 Å². The van der Waals surface area contributed by atoms with Crippen LogP contribution in [0.1, 0.15) is 96.5 Å². The van der Waals surface area contributed by atoms with Crippen LogP contribution in [0.4, 0.5) is 0 Å². The molecule has 1 aromatic carbocycles. The van der Waals surface area contributed by atoms with E-state index in [9.17, 15) is 4.79 Å². The molecule has 0 aromatic heterocycles. The Bertz CT molecular complexity index is 588. The van der Waals surface area contributed by atoms with Crippen LogP contribution in [0.2, 0.25) is 0 Å². The Kier molecular flexibility index (Phi) is 10.8. The van der Waals surface area contributed by atoms with E-state index in [0.29, 0.717) is 0 Å². The van der Waals surface area contributed by atoms with Gasteiger partial charge in [-0.3, -0.25) is 0 Å². The molecule has 0 N–H and O–H groups in total. The summed E-state index contributed by atoms with van der Waals surface area (Å²) >= 11 is 0. The second kappa shape index (κ2) is 13.4. The molecule has 0 aliphatic carbocycles. The van der Waals surface area contributed by atoms with Gasteiger partial charge in [0.15, 0.2) is 0 Å². The molecule has 1 atom stereocenters. The second-order valence-corrected chi connectivity index (χ2v) is 7.94. The maximum Gasteiger partial charge on any atom is 0.334 e. The minimum Gasteiger partial charge on any atom is -0.494 e. The normalized spacial score (nSPS) is 17.9. The van der Waals surface area contributed by atoms with Crippen molar-refractivity contribution >= 4 is 12.0 Å². The van der Waals surface area contributed by atoms with E-state index >= 15 is 0 Å².